The fourth-order valence-corrected chi connectivity index (χ4v) is 2.47. The SMILES string of the molecule is CCOC(CCNC(=NC)NCc1ccc(N(C)C)cc1)C(C)C. The van der Waals surface area contributed by atoms with E-state index in [1.807, 2.05) is 21.0 Å². The molecule has 0 fully saturated rings. The van der Waals surface area contributed by atoms with Crippen LogP contribution in [-0.4, -0.2) is 46.4 Å². The Morgan fingerprint density at radius 2 is 1.83 bits per heavy atom. The van der Waals surface area contributed by atoms with Crippen LogP contribution in [0.25, 0.3) is 0 Å². The lowest BCUT2D eigenvalue weighted by Gasteiger charge is -2.21. The fraction of sp³-hybridized carbons (Fsp3) is 0.632. The van der Waals surface area contributed by atoms with Crippen LogP contribution in [0.5, 0.6) is 0 Å². The van der Waals surface area contributed by atoms with Crippen LogP contribution in [0.2, 0.25) is 0 Å². The number of ether oxygens (including phenoxy) is 1. The van der Waals surface area contributed by atoms with E-state index in [0.717, 1.165) is 32.1 Å². The molecular weight excluding hydrogens is 300 g/mol. The van der Waals surface area contributed by atoms with Crippen molar-refractivity contribution in [1.29, 1.82) is 0 Å². The monoisotopic (exact) mass is 334 g/mol. The van der Waals surface area contributed by atoms with Crippen LogP contribution in [0.4, 0.5) is 5.69 Å². The maximum Gasteiger partial charge on any atom is 0.191 e. The topological polar surface area (TPSA) is 48.9 Å². The Kier molecular flexibility index (Phi) is 9.23. The van der Waals surface area contributed by atoms with Crippen LogP contribution in [0.3, 0.4) is 0 Å². The summed E-state index contributed by atoms with van der Waals surface area (Å²) in [6, 6.07) is 8.53. The minimum Gasteiger partial charge on any atom is -0.378 e. The molecule has 136 valence electrons. The zero-order valence-electron chi connectivity index (χ0n) is 16.1. The number of anilines is 1. The van der Waals surface area contributed by atoms with E-state index in [-0.39, 0.29) is 0 Å². The summed E-state index contributed by atoms with van der Waals surface area (Å²) in [7, 11) is 5.89. The molecule has 0 aliphatic rings. The van der Waals surface area contributed by atoms with E-state index in [0.29, 0.717) is 12.0 Å². The van der Waals surface area contributed by atoms with Gasteiger partial charge in [0.05, 0.1) is 6.10 Å². The standard InChI is InChI=1S/C19H34N4O/c1-7-24-18(15(2)3)12-13-21-19(20-4)22-14-16-8-10-17(11-9-16)23(5)6/h8-11,15,18H,7,12-14H2,1-6H3,(H2,20,21,22). The van der Waals surface area contributed by atoms with Gasteiger partial charge in [-0.1, -0.05) is 26.0 Å². The van der Waals surface area contributed by atoms with E-state index in [4.69, 9.17) is 4.74 Å². The fourth-order valence-electron chi connectivity index (χ4n) is 2.47. The first kappa shape index (κ1) is 20.3. The van der Waals surface area contributed by atoms with Crippen molar-refractivity contribution in [3.05, 3.63) is 29.8 Å². The Balaban J connectivity index is 2.39. The Morgan fingerprint density at radius 1 is 1.17 bits per heavy atom. The quantitative estimate of drug-likeness (QED) is 0.538. The summed E-state index contributed by atoms with van der Waals surface area (Å²) >= 11 is 0. The van der Waals surface area contributed by atoms with Gasteiger partial charge < -0.3 is 20.3 Å². The largest absolute Gasteiger partial charge is 0.378 e. The van der Waals surface area contributed by atoms with Gasteiger partial charge in [0, 0.05) is 46.5 Å². The van der Waals surface area contributed by atoms with Gasteiger partial charge in [-0.2, -0.15) is 0 Å². The number of nitrogens with one attached hydrogen (secondary N) is 2. The molecule has 1 rings (SSSR count). The highest BCUT2D eigenvalue weighted by Crippen LogP contribution is 2.12. The Bertz CT molecular complexity index is 483. The third-order valence-corrected chi connectivity index (χ3v) is 3.98. The van der Waals surface area contributed by atoms with Gasteiger partial charge in [0.2, 0.25) is 0 Å². The second-order valence-corrected chi connectivity index (χ2v) is 6.44. The van der Waals surface area contributed by atoms with Crippen LogP contribution in [0, 0.1) is 5.92 Å². The molecule has 0 aliphatic carbocycles. The summed E-state index contributed by atoms with van der Waals surface area (Å²) in [5.41, 5.74) is 2.44. The van der Waals surface area contributed by atoms with Crippen molar-refractivity contribution in [1.82, 2.24) is 10.6 Å². The first-order valence-electron chi connectivity index (χ1n) is 8.80. The molecular formula is C19H34N4O. The predicted molar refractivity (Wildman–Crippen MR) is 104 cm³/mol. The minimum atomic E-state index is 0.291. The van der Waals surface area contributed by atoms with Gasteiger partial charge >= 0.3 is 0 Å². The van der Waals surface area contributed by atoms with Gasteiger partial charge in [0.25, 0.3) is 0 Å². The van der Waals surface area contributed by atoms with Crippen molar-refractivity contribution in [3.8, 4) is 0 Å². The van der Waals surface area contributed by atoms with Crippen LogP contribution in [-0.2, 0) is 11.3 Å². The van der Waals surface area contributed by atoms with Crippen molar-refractivity contribution in [2.45, 2.75) is 39.8 Å². The molecule has 0 aliphatic heterocycles. The highest BCUT2D eigenvalue weighted by Gasteiger charge is 2.12. The molecule has 0 heterocycles. The number of hydrogen-bond acceptors (Lipinski definition) is 3. The summed E-state index contributed by atoms with van der Waals surface area (Å²) in [6.07, 6.45) is 1.27. The Labute approximate surface area is 147 Å². The summed E-state index contributed by atoms with van der Waals surface area (Å²) in [6.45, 7) is 8.81. The maximum atomic E-state index is 5.77. The van der Waals surface area contributed by atoms with Crippen molar-refractivity contribution < 1.29 is 4.74 Å². The van der Waals surface area contributed by atoms with E-state index in [9.17, 15) is 0 Å². The first-order valence-corrected chi connectivity index (χ1v) is 8.80. The average Bonchev–Trinajstić information content (AvgIpc) is 2.57. The normalized spacial score (nSPS) is 13.0. The van der Waals surface area contributed by atoms with Gasteiger partial charge in [0.15, 0.2) is 5.96 Å². The van der Waals surface area contributed by atoms with Gasteiger partial charge in [-0.25, -0.2) is 0 Å². The Hall–Kier alpha value is -1.75. The van der Waals surface area contributed by atoms with Crippen LogP contribution in [0.1, 0.15) is 32.8 Å². The number of benzene rings is 1. The molecule has 1 aromatic carbocycles. The highest BCUT2D eigenvalue weighted by atomic mass is 16.5. The number of rotatable bonds is 9. The molecule has 0 spiro atoms. The van der Waals surface area contributed by atoms with Crippen LogP contribution < -0.4 is 15.5 Å². The number of guanidine groups is 1. The minimum absolute atomic E-state index is 0.291. The summed E-state index contributed by atoms with van der Waals surface area (Å²) in [5, 5.41) is 6.72. The van der Waals surface area contributed by atoms with E-state index in [1.165, 1.54) is 11.3 Å². The van der Waals surface area contributed by atoms with Crippen LogP contribution in [0.15, 0.2) is 29.3 Å². The molecule has 1 aromatic rings. The smallest absolute Gasteiger partial charge is 0.191 e. The van der Waals surface area contributed by atoms with Gasteiger partial charge in [-0.3, -0.25) is 4.99 Å². The van der Waals surface area contributed by atoms with E-state index in [1.54, 1.807) is 7.05 Å². The van der Waals surface area contributed by atoms with E-state index in [2.05, 4.69) is 58.6 Å². The summed E-state index contributed by atoms with van der Waals surface area (Å²) < 4.78 is 5.77. The van der Waals surface area contributed by atoms with E-state index >= 15 is 0 Å². The van der Waals surface area contributed by atoms with Crippen molar-refractivity contribution in [2.75, 3.05) is 39.2 Å². The lowest BCUT2D eigenvalue weighted by Crippen LogP contribution is -2.38. The molecule has 1 atom stereocenters. The molecule has 5 nitrogen and oxygen atoms in total. The van der Waals surface area contributed by atoms with Gasteiger partial charge in [-0.15, -0.1) is 0 Å². The third kappa shape index (κ3) is 7.21. The van der Waals surface area contributed by atoms with E-state index < -0.39 is 0 Å². The first-order chi connectivity index (χ1) is 11.5. The lowest BCUT2D eigenvalue weighted by molar-refractivity contribution is 0.0258. The van der Waals surface area contributed by atoms with Crippen molar-refractivity contribution in [2.24, 2.45) is 10.9 Å². The molecule has 5 heteroatoms. The second kappa shape index (κ2) is 10.9. The van der Waals surface area contributed by atoms with Crippen molar-refractivity contribution >= 4 is 11.6 Å². The number of nitrogens with zero attached hydrogens (tertiary/aromatic N) is 2. The summed E-state index contributed by atoms with van der Waals surface area (Å²) in [4.78, 5) is 6.38. The number of hydrogen-bond donors (Lipinski definition) is 2. The average molecular weight is 335 g/mol. The maximum absolute atomic E-state index is 5.77. The molecule has 24 heavy (non-hydrogen) atoms. The zero-order valence-corrected chi connectivity index (χ0v) is 16.1. The molecule has 0 saturated carbocycles. The summed E-state index contributed by atoms with van der Waals surface area (Å²) in [5.74, 6) is 1.35. The number of aliphatic imine (C=N–C) groups is 1. The molecule has 1 unspecified atom stereocenters. The molecule has 2 N–H and O–H groups in total. The lowest BCUT2D eigenvalue weighted by atomic mass is 10.0. The Morgan fingerprint density at radius 3 is 2.33 bits per heavy atom. The van der Waals surface area contributed by atoms with Crippen LogP contribution >= 0.6 is 0 Å². The van der Waals surface area contributed by atoms with Gasteiger partial charge in [-0.05, 0) is 37.0 Å². The van der Waals surface area contributed by atoms with Crippen molar-refractivity contribution in [3.63, 3.8) is 0 Å². The molecule has 0 bridgehead atoms. The third-order valence-electron chi connectivity index (χ3n) is 3.98. The van der Waals surface area contributed by atoms with Gasteiger partial charge in [0.1, 0.15) is 0 Å². The zero-order chi connectivity index (χ0) is 17.9. The second-order valence-electron chi connectivity index (χ2n) is 6.44. The molecule has 0 saturated heterocycles. The predicted octanol–water partition coefficient (Wildman–Crippen LogP) is 2.87. The molecule has 0 aromatic heterocycles. The molecule has 0 radical (unpaired) electrons. The highest BCUT2D eigenvalue weighted by molar-refractivity contribution is 5.79. The molecule has 0 amide bonds.